The standard InChI is InChI=1S/C14H17N5O2S2/c1-8(12(20)16-13(21)15-2)23-14-18-17-11(10-4-3-7-22-10)19(14)9-5-6-9/h3-4,7-9H,5-6H2,1-2H3,(H2,15,16,20,21)/t8-/m1/s1. The van der Waals surface area contributed by atoms with Gasteiger partial charge < -0.3 is 5.32 Å². The van der Waals surface area contributed by atoms with Gasteiger partial charge in [-0.3, -0.25) is 14.7 Å². The summed E-state index contributed by atoms with van der Waals surface area (Å²) in [7, 11) is 1.47. The fraction of sp³-hybridized carbons (Fsp3) is 0.429. The summed E-state index contributed by atoms with van der Waals surface area (Å²) in [4.78, 5) is 24.3. The van der Waals surface area contributed by atoms with Crippen LogP contribution >= 0.6 is 23.1 Å². The first-order valence-corrected chi connectivity index (χ1v) is 9.04. The summed E-state index contributed by atoms with van der Waals surface area (Å²) in [5.41, 5.74) is 0. The Hall–Kier alpha value is -1.87. The minimum atomic E-state index is -0.509. The number of carbonyl (C=O) groups is 2. The Morgan fingerprint density at radius 3 is 2.83 bits per heavy atom. The Bertz CT molecular complexity index is 709. The van der Waals surface area contributed by atoms with Crippen LogP contribution < -0.4 is 10.6 Å². The number of nitrogens with one attached hydrogen (secondary N) is 2. The van der Waals surface area contributed by atoms with Gasteiger partial charge in [-0.2, -0.15) is 0 Å². The lowest BCUT2D eigenvalue weighted by atomic mass is 10.4. The number of thioether (sulfide) groups is 1. The molecule has 2 N–H and O–H groups in total. The molecule has 2 aromatic rings. The third-order valence-electron chi connectivity index (χ3n) is 3.43. The number of carbonyl (C=O) groups excluding carboxylic acids is 2. The quantitative estimate of drug-likeness (QED) is 0.807. The van der Waals surface area contributed by atoms with E-state index in [4.69, 9.17) is 0 Å². The van der Waals surface area contributed by atoms with Crippen molar-refractivity contribution in [1.82, 2.24) is 25.4 Å². The molecule has 7 nitrogen and oxygen atoms in total. The van der Waals surface area contributed by atoms with E-state index in [0.717, 1.165) is 28.7 Å². The molecule has 1 atom stereocenters. The summed E-state index contributed by atoms with van der Waals surface area (Å²) < 4.78 is 2.11. The lowest BCUT2D eigenvalue weighted by Gasteiger charge is -2.12. The zero-order valence-corrected chi connectivity index (χ0v) is 14.4. The number of thiophene rings is 1. The van der Waals surface area contributed by atoms with Crippen molar-refractivity contribution in [3.63, 3.8) is 0 Å². The first-order chi connectivity index (χ1) is 11.1. The predicted molar refractivity (Wildman–Crippen MR) is 89.5 cm³/mol. The van der Waals surface area contributed by atoms with E-state index < -0.39 is 11.3 Å². The van der Waals surface area contributed by atoms with Crippen LogP contribution in [0.25, 0.3) is 10.7 Å². The van der Waals surface area contributed by atoms with Gasteiger partial charge in [0.15, 0.2) is 11.0 Å². The second-order valence-electron chi connectivity index (χ2n) is 5.21. The molecule has 1 fully saturated rings. The smallest absolute Gasteiger partial charge is 0.321 e. The Labute approximate surface area is 141 Å². The lowest BCUT2D eigenvalue weighted by molar-refractivity contribution is -0.119. The number of hydrogen-bond acceptors (Lipinski definition) is 6. The molecule has 23 heavy (non-hydrogen) atoms. The molecule has 0 aliphatic heterocycles. The number of aromatic nitrogens is 3. The highest BCUT2D eigenvalue weighted by atomic mass is 32.2. The highest BCUT2D eigenvalue weighted by Crippen LogP contribution is 2.42. The van der Waals surface area contributed by atoms with E-state index in [1.807, 2.05) is 17.5 Å². The Balaban J connectivity index is 1.78. The minimum Gasteiger partial charge on any atom is -0.341 e. The summed E-state index contributed by atoms with van der Waals surface area (Å²) in [5, 5.41) is 15.5. The van der Waals surface area contributed by atoms with Crippen LogP contribution in [0.1, 0.15) is 25.8 Å². The summed E-state index contributed by atoms with van der Waals surface area (Å²) in [5.74, 6) is 0.501. The van der Waals surface area contributed by atoms with Crippen molar-refractivity contribution in [3.05, 3.63) is 17.5 Å². The molecule has 1 aliphatic carbocycles. The molecule has 122 valence electrons. The predicted octanol–water partition coefficient (Wildman–Crippen LogP) is 2.28. The first kappa shape index (κ1) is 16.0. The molecule has 0 unspecified atom stereocenters. The van der Waals surface area contributed by atoms with Gasteiger partial charge >= 0.3 is 6.03 Å². The zero-order valence-electron chi connectivity index (χ0n) is 12.8. The average molecular weight is 351 g/mol. The van der Waals surface area contributed by atoms with Crippen molar-refractivity contribution in [2.24, 2.45) is 0 Å². The number of nitrogens with zero attached hydrogens (tertiary/aromatic N) is 3. The lowest BCUT2D eigenvalue weighted by Crippen LogP contribution is -2.41. The number of rotatable bonds is 5. The maximum absolute atomic E-state index is 12.0. The van der Waals surface area contributed by atoms with E-state index in [1.54, 1.807) is 18.3 Å². The summed E-state index contributed by atoms with van der Waals surface area (Å²) in [6.07, 6.45) is 2.20. The van der Waals surface area contributed by atoms with Crippen molar-refractivity contribution in [3.8, 4) is 10.7 Å². The van der Waals surface area contributed by atoms with Crippen LogP contribution in [0.4, 0.5) is 4.79 Å². The van der Waals surface area contributed by atoms with E-state index in [-0.39, 0.29) is 5.91 Å². The van der Waals surface area contributed by atoms with Crippen molar-refractivity contribution < 1.29 is 9.59 Å². The van der Waals surface area contributed by atoms with Crippen LogP contribution in [0.3, 0.4) is 0 Å². The van der Waals surface area contributed by atoms with Gasteiger partial charge in [0.2, 0.25) is 5.91 Å². The molecule has 2 aromatic heterocycles. The number of imide groups is 1. The highest BCUT2D eigenvalue weighted by molar-refractivity contribution is 8.00. The molecular formula is C14H17N5O2S2. The molecular weight excluding hydrogens is 334 g/mol. The van der Waals surface area contributed by atoms with Crippen molar-refractivity contribution in [2.45, 2.75) is 36.2 Å². The van der Waals surface area contributed by atoms with E-state index >= 15 is 0 Å². The maximum atomic E-state index is 12.0. The van der Waals surface area contributed by atoms with Crippen LogP contribution in [-0.2, 0) is 4.79 Å². The van der Waals surface area contributed by atoms with Crippen LogP contribution in [0, 0.1) is 0 Å². The molecule has 3 amide bonds. The van der Waals surface area contributed by atoms with Crippen LogP contribution in [0.2, 0.25) is 0 Å². The van der Waals surface area contributed by atoms with Gasteiger partial charge in [0.1, 0.15) is 0 Å². The molecule has 0 spiro atoms. The van der Waals surface area contributed by atoms with E-state index in [9.17, 15) is 9.59 Å². The molecule has 1 saturated carbocycles. The molecule has 0 radical (unpaired) electrons. The van der Waals surface area contributed by atoms with Gasteiger partial charge in [-0.25, -0.2) is 4.79 Å². The van der Waals surface area contributed by atoms with Crippen molar-refractivity contribution >= 4 is 35.0 Å². The average Bonchev–Trinajstić information content (AvgIpc) is 3.07. The Kier molecular flexibility index (Phi) is 4.67. The van der Waals surface area contributed by atoms with E-state index in [0.29, 0.717) is 6.04 Å². The van der Waals surface area contributed by atoms with Gasteiger partial charge in [-0.15, -0.1) is 21.5 Å². The topological polar surface area (TPSA) is 88.9 Å². The van der Waals surface area contributed by atoms with Crippen LogP contribution in [0.15, 0.2) is 22.7 Å². The van der Waals surface area contributed by atoms with Crippen LogP contribution in [-0.4, -0.2) is 39.0 Å². The zero-order chi connectivity index (χ0) is 16.4. The summed E-state index contributed by atoms with van der Waals surface area (Å²) in [6.45, 7) is 1.75. The molecule has 1 aliphatic rings. The summed E-state index contributed by atoms with van der Waals surface area (Å²) >= 11 is 2.94. The second-order valence-corrected chi connectivity index (χ2v) is 7.47. The number of hydrogen-bond donors (Lipinski definition) is 2. The SMILES string of the molecule is CNC(=O)NC(=O)[C@@H](C)Sc1nnc(-c2cccs2)n1C1CC1. The fourth-order valence-corrected chi connectivity index (χ4v) is 3.71. The second kappa shape index (κ2) is 6.71. The van der Waals surface area contributed by atoms with Gasteiger partial charge in [0.05, 0.1) is 10.1 Å². The number of urea groups is 1. The fourth-order valence-electron chi connectivity index (χ4n) is 2.08. The third-order valence-corrected chi connectivity index (χ3v) is 5.36. The minimum absolute atomic E-state index is 0.350. The maximum Gasteiger partial charge on any atom is 0.321 e. The largest absolute Gasteiger partial charge is 0.341 e. The third kappa shape index (κ3) is 3.56. The van der Waals surface area contributed by atoms with Crippen LogP contribution in [0.5, 0.6) is 0 Å². The monoisotopic (exact) mass is 351 g/mol. The molecule has 2 heterocycles. The van der Waals surface area contributed by atoms with Gasteiger partial charge in [0.25, 0.3) is 0 Å². The summed E-state index contributed by atoms with van der Waals surface area (Å²) in [6, 6.07) is 3.89. The molecule has 0 aromatic carbocycles. The van der Waals surface area contributed by atoms with Crippen molar-refractivity contribution in [2.75, 3.05) is 7.05 Å². The van der Waals surface area contributed by atoms with Crippen molar-refractivity contribution in [1.29, 1.82) is 0 Å². The Morgan fingerprint density at radius 2 is 2.22 bits per heavy atom. The molecule has 0 bridgehead atoms. The van der Waals surface area contributed by atoms with Gasteiger partial charge in [-0.05, 0) is 31.2 Å². The molecule has 0 saturated heterocycles. The number of amides is 3. The first-order valence-electron chi connectivity index (χ1n) is 7.28. The van der Waals surface area contributed by atoms with Gasteiger partial charge in [-0.1, -0.05) is 17.8 Å². The highest BCUT2D eigenvalue weighted by Gasteiger charge is 2.31. The van der Waals surface area contributed by atoms with E-state index in [1.165, 1.54) is 18.8 Å². The molecule has 9 heteroatoms. The molecule has 3 rings (SSSR count). The van der Waals surface area contributed by atoms with Gasteiger partial charge in [0, 0.05) is 13.1 Å². The van der Waals surface area contributed by atoms with E-state index in [2.05, 4.69) is 25.4 Å². The normalized spacial score (nSPS) is 15.2. The Morgan fingerprint density at radius 1 is 1.43 bits per heavy atom.